The van der Waals surface area contributed by atoms with E-state index in [1.165, 1.54) is 6.42 Å². The fourth-order valence-corrected chi connectivity index (χ4v) is 0.884. The number of hydrogen-bond donors (Lipinski definition) is 1. The van der Waals surface area contributed by atoms with Gasteiger partial charge in [0.2, 0.25) is 0 Å². The first kappa shape index (κ1) is 10.2. The highest BCUT2D eigenvalue weighted by atomic mass is 32.2. The third kappa shape index (κ3) is 6.36. The Morgan fingerprint density at radius 1 is 1.60 bits per heavy atom. The van der Waals surface area contributed by atoms with Crippen molar-refractivity contribution in [2.24, 2.45) is 5.92 Å². The van der Waals surface area contributed by atoms with Gasteiger partial charge in [0.15, 0.2) is 0 Å². The molecule has 0 heterocycles. The van der Waals surface area contributed by atoms with E-state index in [0.29, 0.717) is 0 Å². The van der Waals surface area contributed by atoms with E-state index < -0.39 is 0 Å². The zero-order valence-corrected chi connectivity index (χ0v) is 8.44. The van der Waals surface area contributed by atoms with E-state index in [0.717, 1.165) is 16.8 Å². The summed E-state index contributed by atoms with van der Waals surface area (Å²) in [6.07, 6.45) is 3.19. The third-order valence-corrected chi connectivity index (χ3v) is 2.34. The van der Waals surface area contributed by atoms with Crippen LogP contribution in [-0.4, -0.2) is 17.1 Å². The topological polar surface area (TPSA) is 12.0 Å². The molecule has 0 atom stereocenters. The molecule has 1 nitrogen and oxygen atoms in total. The summed E-state index contributed by atoms with van der Waals surface area (Å²) in [5.74, 6) is 0.761. The van der Waals surface area contributed by atoms with E-state index in [1.807, 2.05) is 6.26 Å². The molecule has 0 saturated heterocycles. The molecule has 0 saturated carbocycles. The van der Waals surface area contributed by atoms with Gasteiger partial charge in [0, 0.05) is 6.54 Å². The minimum atomic E-state index is 0.761. The minimum Gasteiger partial charge on any atom is -0.371 e. The summed E-state index contributed by atoms with van der Waals surface area (Å²) in [6, 6.07) is 0. The summed E-state index contributed by atoms with van der Waals surface area (Å²) in [7, 11) is 0. The maximum atomic E-state index is 4.96. The summed E-state index contributed by atoms with van der Waals surface area (Å²) in [6.45, 7) is 5.44. The van der Waals surface area contributed by atoms with Gasteiger partial charge in [-0.3, -0.25) is 0 Å². The summed E-state index contributed by atoms with van der Waals surface area (Å²) in [5.41, 5.74) is 0. The smallest absolute Gasteiger partial charge is 0.133 e. The lowest BCUT2D eigenvalue weighted by Gasteiger charge is -2.06. The zero-order valence-electron chi connectivity index (χ0n) is 6.81. The molecule has 0 aromatic heterocycles. The molecule has 0 aromatic rings. The lowest BCUT2D eigenvalue weighted by atomic mass is 10.1. The quantitative estimate of drug-likeness (QED) is 0.664. The van der Waals surface area contributed by atoms with Gasteiger partial charge in [-0.2, -0.15) is 0 Å². The van der Waals surface area contributed by atoms with Crippen LogP contribution in [0.4, 0.5) is 0 Å². The van der Waals surface area contributed by atoms with Gasteiger partial charge in [0.25, 0.3) is 0 Å². The first-order valence-corrected chi connectivity index (χ1v) is 5.12. The van der Waals surface area contributed by atoms with Crippen molar-refractivity contribution in [1.82, 2.24) is 5.32 Å². The van der Waals surface area contributed by atoms with Crippen molar-refractivity contribution in [2.75, 3.05) is 12.8 Å². The van der Waals surface area contributed by atoms with Crippen LogP contribution >= 0.6 is 24.0 Å². The van der Waals surface area contributed by atoms with Crippen molar-refractivity contribution in [3.8, 4) is 0 Å². The standard InChI is InChI=1S/C7H15NS2/c1-6(2)4-5-8-7(9)10-3/h6H,4-5H2,1-3H3,(H,8,9). The fourth-order valence-electron chi connectivity index (χ4n) is 0.535. The SMILES string of the molecule is CSC(=S)NCCC(C)C. The van der Waals surface area contributed by atoms with Crippen LogP contribution in [0.2, 0.25) is 0 Å². The van der Waals surface area contributed by atoms with E-state index in [2.05, 4.69) is 19.2 Å². The van der Waals surface area contributed by atoms with Crippen molar-refractivity contribution in [3.63, 3.8) is 0 Å². The number of hydrogen-bond acceptors (Lipinski definition) is 2. The summed E-state index contributed by atoms with van der Waals surface area (Å²) in [4.78, 5) is 0. The van der Waals surface area contributed by atoms with Crippen molar-refractivity contribution in [1.29, 1.82) is 0 Å². The number of thiocarbonyl (C=S) groups is 1. The van der Waals surface area contributed by atoms with Gasteiger partial charge in [0.1, 0.15) is 4.32 Å². The molecular formula is C7H15NS2. The molecule has 0 aliphatic heterocycles. The summed E-state index contributed by atoms with van der Waals surface area (Å²) < 4.78 is 0.903. The monoisotopic (exact) mass is 177 g/mol. The van der Waals surface area contributed by atoms with Crippen molar-refractivity contribution in [2.45, 2.75) is 20.3 Å². The van der Waals surface area contributed by atoms with Crippen LogP contribution in [0.3, 0.4) is 0 Å². The van der Waals surface area contributed by atoms with E-state index in [9.17, 15) is 0 Å². The molecular weight excluding hydrogens is 162 g/mol. The maximum Gasteiger partial charge on any atom is 0.133 e. The van der Waals surface area contributed by atoms with Crippen molar-refractivity contribution < 1.29 is 0 Å². The highest BCUT2D eigenvalue weighted by Gasteiger charge is 1.94. The Balaban J connectivity index is 3.12. The van der Waals surface area contributed by atoms with Gasteiger partial charge < -0.3 is 5.32 Å². The van der Waals surface area contributed by atoms with E-state index in [1.54, 1.807) is 11.8 Å². The second-order valence-electron chi connectivity index (χ2n) is 2.60. The number of rotatable bonds is 3. The Labute approximate surface area is 73.0 Å². The molecule has 0 aromatic carbocycles. The molecule has 0 unspecified atom stereocenters. The lowest BCUT2D eigenvalue weighted by molar-refractivity contribution is 0.580. The van der Waals surface area contributed by atoms with Gasteiger partial charge in [-0.15, -0.1) is 11.8 Å². The molecule has 0 rings (SSSR count). The Bertz CT molecular complexity index is 102. The van der Waals surface area contributed by atoms with Crippen LogP contribution in [0.1, 0.15) is 20.3 Å². The molecule has 60 valence electrons. The lowest BCUT2D eigenvalue weighted by Crippen LogP contribution is -2.20. The fraction of sp³-hybridized carbons (Fsp3) is 0.857. The molecule has 0 spiro atoms. The van der Waals surface area contributed by atoms with Crippen LogP contribution < -0.4 is 5.32 Å². The van der Waals surface area contributed by atoms with Crippen LogP contribution in [0.15, 0.2) is 0 Å². The van der Waals surface area contributed by atoms with Crippen molar-refractivity contribution >= 4 is 28.3 Å². The predicted molar refractivity (Wildman–Crippen MR) is 53.6 cm³/mol. The second kappa shape index (κ2) is 5.98. The zero-order chi connectivity index (χ0) is 7.98. The number of thioether (sulfide) groups is 1. The van der Waals surface area contributed by atoms with Gasteiger partial charge in [-0.05, 0) is 18.6 Å². The molecule has 0 amide bonds. The normalized spacial score (nSPS) is 10.0. The predicted octanol–water partition coefficient (Wildman–Crippen LogP) is 2.27. The van der Waals surface area contributed by atoms with Gasteiger partial charge in [-0.1, -0.05) is 26.1 Å². The van der Waals surface area contributed by atoms with Crippen LogP contribution in [-0.2, 0) is 0 Å². The molecule has 1 N–H and O–H groups in total. The Kier molecular flexibility index (Phi) is 6.13. The van der Waals surface area contributed by atoms with Gasteiger partial charge in [-0.25, -0.2) is 0 Å². The second-order valence-corrected chi connectivity index (χ2v) is 4.08. The van der Waals surface area contributed by atoms with Gasteiger partial charge >= 0.3 is 0 Å². The van der Waals surface area contributed by atoms with E-state index >= 15 is 0 Å². The first-order valence-electron chi connectivity index (χ1n) is 3.48. The van der Waals surface area contributed by atoms with Gasteiger partial charge in [0.05, 0.1) is 0 Å². The average molecular weight is 177 g/mol. The maximum absolute atomic E-state index is 4.96. The highest BCUT2D eigenvalue weighted by Crippen LogP contribution is 1.98. The van der Waals surface area contributed by atoms with Crippen molar-refractivity contribution in [3.05, 3.63) is 0 Å². The van der Waals surface area contributed by atoms with E-state index in [4.69, 9.17) is 12.2 Å². The third-order valence-electron chi connectivity index (χ3n) is 1.18. The Morgan fingerprint density at radius 2 is 2.20 bits per heavy atom. The van der Waals surface area contributed by atoms with Crippen LogP contribution in [0.25, 0.3) is 0 Å². The molecule has 0 bridgehead atoms. The molecule has 0 aliphatic carbocycles. The Morgan fingerprint density at radius 3 is 2.60 bits per heavy atom. The molecule has 0 radical (unpaired) electrons. The highest BCUT2D eigenvalue weighted by molar-refractivity contribution is 8.22. The van der Waals surface area contributed by atoms with Crippen LogP contribution in [0.5, 0.6) is 0 Å². The summed E-state index contributed by atoms with van der Waals surface area (Å²) in [5, 5.41) is 3.16. The Hall–Kier alpha value is 0.240. The average Bonchev–Trinajstić information content (AvgIpc) is 1.87. The molecule has 0 fully saturated rings. The molecule has 3 heteroatoms. The first-order chi connectivity index (χ1) is 4.66. The van der Waals surface area contributed by atoms with Crippen LogP contribution in [0, 0.1) is 5.92 Å². The largest absolute Gasteiger partial charge is 0.371 e. The molecule has 10 heavy (non-hydrogen) atoms. The minimum absolute atomic E-state index is 0.761. The summed E-state index contributed by atoms with van der Waals surface area (Å²) >= 11 is 6.56. The number of nitrogens with one attached hydrogen (secondary N) is 1. The van der Waals surface area contributed by atoms with E-state index in [-0.39, 0.29) is 0 Å². The molecule has 0 aliphatic rings.